The van der Waals surface area contributed by atoms with Gasteiger partial charge in [0.15, 0.2) is 11.6 Å². The topological polar surface area (TPSA) is 54.4 Å². The maximum Gasteiger partial charge on any atom is 0.311 e. The first-order chi connectivity index (χ1) is 9.99. The van der Waals surface area contributed by atoms with Crippen LogP contribution in [-0.4, -0.2) is 21.0 Å². The minimum absolute atomic E-state index is 0.0658. The molecule has 0 aliphatic rings. The van der Waals surface area contributed by atoms with Crippen molar-refractivity contribution in [3.05, 3.63) is 65.7 Å². The Balaban J connectivity index is 2.23. The number of hydrogen-bond acceptors (Lipinski definition) is 2. The lowest BCUT2D eigenvalue weighted by atomic mass is 10.0. The first kappa shape index (κ1) is 15.3. The monoisotopic (exact) mass is 310 g/mol. The van der Waals surface area contributed by atoms with Gasteiger partial charge >= 0.3 is 5.97 Å². The van der Waals surface area contributed by atoms with Crippen LogP contribution in [0.5, 0.6) is 0 Å². The molecule has 0 aromatic heterocycles. The average Bonchev–Trinajstić information content (AvgIpc) is 2.48. The van der Waals surface area contributed by atoms with Gasteiger partial charge in [0.25, 0.3) is 0 Å². The fourth-order valence-corrected chi connectivity index (χ4v) is 3.15. The summed E-state index contributed by atoms with van der Waals surface area (Å²) in [5, 5.41) is 9.25. The van der Waals surface area contributed by atoms with E-state index in [9.17, 15) is 22.9 Å². The molecule has 21 heavy (non-hydrogen) atoms. The number of rotatable bonds is 5. The quantitative estimate of drug-likeness (QED) is 0.924. The molecule has 0 heterocycles. The number of aliphatic carboxylic acids is 1. The molecule has 0 amide bonds. The zero-order valence-electron chi connectivity index (χ0n) is 10.8. The molecule has 2 unspecified atom stereocenters. The van der Waals surface area contributed by atoms with E-state index in [2.05, 4.69) is 0 Å². The molecule has 0 aliphatic heterocycles. The third kappa shape index (κ3) is 3.72. The molecule has 0 spiro atoms. The molecule has 1 N–H and O–H groups in total. The molecule has 0 saturated carbocycles. The van der Waals surface area contributed by atoms with Gasteiger partial charge < -0.3 is 5.11 Å². The zero-order chi connectivity index (χ0) is 15.4. The van der Waals surface area contributed by atoms with E-state index in [0.29, 0.717) is 5.56 Å². The van der Waals surface area contributed by atoms with Gasteiger partial charge in [0.1, 0.15) is 0 Å². The van der Waals surface area contributed by atoms with Crippen LogP contribution in [0.4, 0.5) is 8.78 Å². The smallest absolute Gasteiger partial charge is 0.311 e. The molecule has 6 heteroatoms. The summed E-state index contributed by atoms with van der Waals surface area (Å²) in [5.74, 6) is -4.43. The lowest BCUT2D eigenvalue weighted by Gasteiger charge is -2.12. The second-order valence-electron chi connectivity index (χ2n) is 4.39. The van der Waals surface area contributed by atoms with Crippen molar-refractivity contribution >= 4 is 16.8 Å². The van der Waals surface area contributed by atoms with E-state index >= 15 is 0 Å². The number of benzene rings is 2. The van der Waals surface area contributed by atoms with Crippen LogP contribution in [0.15, 0.2) is 53.4 Å². The Hall–Kier alpha value is -2.08. The first-order valence-electron chi connectivity index (χ1n) is 6.10. The lowest BCUT2D eigenvalue weighted by Crippen LogP contribution is -2.19. The third-order valence-electron chi connectivity index (χ3n) is 2.97. The van der Waals surface area contributed by atoms with E-state index < -0.39 is 34.3 Å². The molecular weight excluding hydrogens is 298 g/mol. The highest BCUT2D eigenvalue weighted by molar-refractivity contribution is 7.85. The van der Waals surface area contributed by atoms with Crippen molar-refractivity contribution in [2.24, 2.45) is 0 Å². The summed E-state index contributed by atoms with van der Waals surface area (Å²) in [4.78, 5) is 11.4. The number of carbonyl (C=O) groups is 1. The normalized spacial score (nSPS) is 13.6. The number of hydrogen-bond donors (Lipinski definition) is 1. The van der Waals surface area contributed by atoms with Gasteiger partial charge in [-0.25, -0.2) is 8.78 Å². The summed E-state index contributed by atoms with van der Waals surface area (Å²) < 4.78 is 38.1. The van der Waals surface area contributed by atoms with Crippen LogP contribution in [0.25, 0.3) is 0 Å². The summed E-state index contributed by atoms with van der Waals surface area (Å²) in [7, 11) is -1.74. The Labute approximate surface area is 122 Å². The largest absolute Gasteiger partial charge is 0.481 e. The van der Waals surface area contributed by atoms with Gasteiger partial charge in [-0.15, -0.1) is 0 Å². The van der Waals surface area contributed by atoms with Crippen molar-refractivity contribution in [2.75, 3.05) is 5.75 Å². The van der Waals surface area contributed by atoms with E-state index in [-0.39, 0.29) is 10.6 Å². The van der Waals surface area contributed by atoms with Crippen LogP contribution in [0.1, 0.15) is 11.5 Å². The molecule has 2 rings (SSSR count). The van der Waals surface area contributed by atoms with Crippen LogP contribution in [0.3, 0.4) is 0 Å². The highest BCUT2D eigenvalue weighted by Crippen LogP contribution is 2.21. The molecule has 0 fully saturated rings. The SMILES string of the molecule is O=C(O)C(CS(=O)c1ccc(F)c(F)c1)c1ccccc1. The standard InChI is InChI=1S/C15H12F2O3S/c16-13-7-6-11(8-14(13)17)21(20)9-12(15(18)19)10-4-2-1-3-5-10/h1-8,12H,9H2,(H,18,19). The Morgan fingerprint density at radius 1 is 1.10 bits per heavy atom. The summed E-state index contributed by atoms with van der Waals surface area (Å²) in [6.07, 6.45) is 0. The average molecular weight is 310 g/mol. The second-order valence-corrected chi connectivity index (χ2v) is 5.89. The maximum absolute atomic E-state index is 13.1. The zero-order valence-corrected chi connectivity index (χ0v) is 11.6. The molecule has 110 valence electrons. The summed E-state index contributed by atoms with van der Waals surface area (Å²) in [6, 6.07) is 11.3. The van der Waals surface area contributed by atoms with Crippen LogP contribution in [-0.2, 0) is 15.6 Å². The number of carboxylic acid groups (broad SMARTS) is 1. The molecule has 2 aromatic carbocycles. The maximum atomic E-state index is 13.1. The molecule has 0 saturated heterocycles. The van der Waals surface area contributed by atoms with Gasteiger partial charge in [-0.1, -0.05) is 30.3 Å². The highest BCUT2D eigenvalue weighted by Gasteiger charge is 2.23. The lowest BCUT2D eigenvalue weighted by molar-refractivity contribution is -0.138. The fourth-order valence-electron chi connectivity index (χ4n) is 1.86. The summed E-state index contributed by atoms with van der Waals surface area (Å²) in [5.41, 5.74) is 0.515. The van der Waals surface area contributed by atoms with E-state index in [4.69, 9.17) is 0 Å². The van der Waals surface area contributed by atoms with Gasteiger partial charge in [-0.3, -0.25) is 9.00 Å². The van der Waals surface area contributed by atoms with Gasteiger partial charge in [0.05, 0.1) is 16.7 Å². The van der Waals surface area contributed by atoms with E-state index in [1.807, 2.05) is 0 Å². The minimum Gasteiger partial charge on any atom is -0.481 e. The molecular formula is C15H12F2O3S. The van der Waals surface area contributed by atoms with Crippen molar-refractivity contribution in [3.63, 3.8) is 0 Å². The van der Waals surface area contributed by atoms with E-state index in [1.165, 1.54) is 6.07 Å². The fraction of sp³-hybridized carbons (Fsp3) is 0.133. The van der Waals surface area contributed by atoms with Gasteiger partial charge in [0.2, 0.25) is 0 Å². The highest BCUT2D eigenvalue weighted by atomic mass is 32.2. The molecule has 3 nitrogen and oxygen atoms in total. The number of carboxylic acids is 1. The predicted octanol–water partition coefficient (Wildman–Crippen LogP) is 2.94. The molecule has 2 aromatic rings. The second kappa shape index (κ2) is 6.58. The van der Waals surface area contributed by atoms with E-state index in [1.54, 1.807) is 30.3 Å². The molecule has 0 bridgehead atoms. The third-order valence-corrected chi connectivity index (χ3v) is 4.39. The van der Waals surface area contributed by atoms with Crippen LogP contribution < -0.4 is 0 Å². The van der Waals surface area contributed by atoms with Crippen molar-refractivity contribution in [1.82, 2.24) is 0 Å². The Morgan fingerprint density at radius 2 is 1.76 bits per heavy atom. The first-order valence-corrected chi connectivity index (χ1v) is 7.42. The van der Waals surface area contributed by atoms with Crippen LogP contribution in [0, 0.1) is 11.6 Å². The van der Waals surface area contributed by atoms with Gasteiger partial charge in [-0.2, -0.15) is 0 Å². The van der Waals surface area contributed by atoms with Gasteiger partial charge in [0, 0.05) is 10.6 Å². The summed E-state index contributed by atoms with van der Waals surface area (Å²) in [6.45, 7) is 0. The van der Waals surface area contributed by atoms with Crippen LogP contribution >= 0.6 is 0 Å². The molecule has 0 radical (unpaired) electrons. The Bertz CT molecular complexity index is 674. The Morgan fingerprint density at radius 3 is 2.33 bits per heavy atom. The number of halogens is 2. The minimum atomic E-state index is -1.74. The predicted molar refractivity (Wildman–Crippen MR) is 74.5 cm³/mol. The van der Waals surface area contributed by atoms with Crippen LogP contribution in [0.2, 0.25) is 0 Å². The van der Waals surface area contributed by atoms with E-state index in [0.717, 1.165) is 12.1 Å². The van der Waals surface area contributed by atoms with Gasteiger partial charge in [-0.05, 0) is 23.8 Å². The molecule has 0 aliphatic carbocycles. The van der Waals surface area contributed by atoms with Crippen molar-refractivity contribution in [1.29, 1.82) is 0 Å². The Kier molecular flexibility index (Phi) is 4.80. The van der Waals surface area contributed by atoms with Crippen molar-refractivity contribution in [3.8, 4) is 0 Å². The van der Waals surface area contributed by atoms with Crippen molar-refractivity contribution < 1.29 is 22.9 Å². The molecule has 2 atom stereocenters. The summed E-state index contributed by atoms with van der Waals surface area (Å²) >= 11 is 0. The van der Waals surface area contributed by atoms with Crippen molar-refractivity contribution in [2.45, 2.75) is 10.8 Å².